The van der Waals surface area contributed by atoms with Gasteiger partial charge in [-0.05, 0) is 37.5 Å². The second-order valence-electron chi connectivity index (χ2n) is 4.87. The minimum Gasteiger partial charge on any atom is -0.437 e. The number of pyridine rings is 1. The van der Waals surface area contributed by atoms with Gasteiger partial charge in [-0.1, -0.05) is 12.1 Å². The molecular weight excluding hydrogens is 250 g/mol. The third-order valence-electron chi connectivity index (χ3n) is 3.31. The SMILES string of the molecule is Cc1cc(C#N)cc(Oc2cccc3c2NCCC3)n1. The van der Waals surface area contributed by atoms with Gasteiger partial charge in [-0.2, -0.15) is 5.26 Å². The molecule has 1 aliphatic rings. The second-order valence-corrected chi connectivity index (χ2v) is 4.87. The summed E-state index contributed by atoms with van der Waals surface area (Å²) in [6.45, 7) is 2.81. The molecule has 0 spiro atoms. The highest BCUT2D eigenvalue weighted by molar-refractivity contribution is 5.64. The molecule has 1 aromatic carbocycles. The first-order chi connectivity index (χ1) is 9.76. The Kier molecular flexibility index (Phi) is 3.26. The van der Waals surface area contributed by atoms with Crippen LogP contribution in [-0.4, -0.2) is 11.5 Å². The standard InChI is InChI=1S/C16H15N3O/c1-11-8-12(10-17)9-15(19-11)20-14-6-2-4-13-5-3-7-18-16(13)14/h2,4,6,8-9,18H,3,5,7H2,1H3. The lowest BCUT2D eigenvalue weighted by Gasteiger charge is -2.20. The highest BCUT2D eigenvalue weighted by Gasteiger charge is 2.14. The van der Waals surface area contributed by atoms with Crippen molar-refractivity contribution >= 4 is 5.69 Å². The van der Waals surface area contributed by atoms with Crippen LogP contribution in [0.25, 0.3) is 0 Å². The number of ether oxygens (including phenoxy) is 1. The molecule has 4 heteroatoms. The van der Waals surface area contributed by atoms with Crippen molar-refractivity contribution in [3.63, 3.8) is 0 Å². The van der Waals surface area contributed by atoms with E-state index < -0.39 is 0 Å². The Hall–Kier alpha value is -2.54. The largest absolute Gasteiger partial charge is 0.437 e. The van der Waals surface area contributed by atoms with Crippen LogP contribution < -0.4 is 10.1 Å². The number of nitriles is 1. The number of anilines is 1. The van der Waals surface area contributed by atoms with Crippen LogP contribution in [0.4, 0.5) is 5.69 Å². The van der Waals surface area contributed by atoms with Crippen LogP contribution in [0.15, 0.2) is 30.3 Å². The highest BCUT2D eigenvalue weighted by atomic mass is 16.5. The first kappa shape index (κ1) is 12.5. The van der Waals surface area contributed by atoms with E-state index in [2.05, 4.69) is 22.4 Å². The molecule has 3 rings (SSSR count). The average molecular weight is 265 g/mol. The molecule has 20 heavy (non-hydrogen) atoms. The molecule has 4 nitrogen and oxygen atoms in total. The van der Waals surface area contributed by atoms with Gasteiger partial charge >= 0.3 is 0 Å². The Morgan fingerprint density at radius 2 is 2.25 bits per heavy atom. The van der Waals surface area contributed by atoms with Crippen LogP contribution in [0, 0.1) is 18.3 Å². The molecule has 1 N–H and O–H groups in total. The lowest BCUT2D eigenvalue weighted by atomic mass is 10.0. The molecule has 100 valence electrons. The Bertz CT molecular complexity index is 689. The number of hydrogen-bond acceptors (Lipinski definition) is 4. The molecule has 1 aliphatic heterocycles. The number of fused-ring (bicyclic) bond motifs is 1. The Morgan fingerprint density at radius 1 is 1.35 bits per heavy atom. The maximum atomic E-state index is 9.00. The van der Waals surface area contributed by atoms with Crippen molar-refractivity contribution < 1.29 is 4.74 Å². The summed E-state index contributed by atoms with van der Waals surface area (Å²) in [6, 6.07) is 11.5. The third-order valence-corrected chi connectivity index (χ3v) is 3.31. The molecule has 0 bridgehead atoms. The summed E-state index contributed by atoms with van der Waals surface area (Å²) in [5.41, 5.74) is 3.64. The molecule has 0 amide bonds. The fourth-order valence-electron chi connectivity index (χ4n) is 2.43. The van der Waals surface area contributed by atoms with Gasteiger partial charge in [-0.3, -0.25) is 0 Å². The lowest BCUT2D eigenvalue weighted by Crippen LogP contribution is -2.12. The zero-order chi connectivity index (χ0) is 13.9. The first-order valence-corrected chi connectivity index (χ1v) is 6.68. The van der Waals surface area contributed by atoms with Gasteiger partial charge in [-0.15, -0.1) is 0 Å². The van der Waals surface area contributed by atoms with E-state index >= 15 is 0 Å². The van der Waals surface area contributed by atoms with E-state index in [-0.39, 0.29) is 0 Å². The molecule has 0 radical (unpaired) electrons. The Morgan fingerprint density at radius 3 is 3.10 bits per heavy atom. The lowest BCUT2D eigenvalue weighted by molar-refractivity contribution is 0.461. The number of aromatic nitrogens is 1. The quantitative estimate of drug-likeness (QED) is 0.904. The van der Waals surface area contributed by atoms with E-state index in [0.717, 1.165) is 36.5 Å². The second kappa shape index (κ2) is 5.22. The smallest absolute Gasteiger partial charge is 0.220 e. The molecular formula is C16H15N3O. The predicted molar refractivity (Wildman–Crippen MR) is 77.0 cm³/mol. The average Bonchev–Trinajstić information content (AvgIpc) is 2.47. The number of benzene rings is 1. The molecule has 2 heterocycles. The van der Waals surface area contributed by atoms with Crippen molar-refractivity contribution in [3.8, 4) is 17.7 Å². The fourth-order valence-corrected chi connectivity index (χ4v) is 2.43. The minimum absolute atomic E-state index is 0.460. The van der Waals surface area contributed by atoms with Crippen LogP contribution >= 0.6 is 0 Å². The van der Waals surface area contributed by atoms with E-state index in [1.165, 1.54) is 5.56 Å². The van der Waals surface area contributed by atoms with Crippen molar-refractivity contribution in [1.82, 2.24) is 4.98 Å². The number of aryl methyl sites for hydroxylation is 2. The van der Waals surface area contributed by atoms with Crippen LogP contribution in [0.3, 0.4) is 0 Å². The van der Waals surface area contributed by atoms with Gasteiger partial charge in [0.25, 0.3) is 0 Å². The number of nitrogens with one attached hydrogen (secondary N) is 1. The maximum Gasteiger partial charge on any atom is 0.220 e. The monoisotopic (exact) mass is 265 g/mol. The van der Waals surface area contributed by atoms with Crippen molar-refractivity contribution in [1.29, 1.82) is 5.26 Å². The zero-order valence-corrected chi connectivity index (χ0v) is 11.3. The molecule has 0 unspecified atom stereocenters. The molecule has 0 atom stereocenters. The van der Waals surface area contributed by atoms with Crippen LogP contribution in [-0.2, 0) is 6.42 Å². The maximum absolute atomic E-state index is 9.00. The zero-order valence-electron chi connectivity index (χ0n) is 11.3. The molecule has 1 aromatic heterocycles. The van der Waals surface area contributed by atoms with Gasteiger partial charge in [-0.25, -0.2) is 4.98 Å². The van der Waals surface area contributed by atoms with E-state index in [1.807, 2.05) is 19.1 Å². The predicted octanol–water partition coefficient (Wildman–Crippen LogP) is 3.41. The van der Waals surface area contributed by atoms with Crippen LogP contribution in [0.5, 0.6) is 11.6 Å². The third kappa shape index (κ3) is 2.43. The summed E-state index contributed by atoms with van der Waals surface area (Å²) in [5.74, 6) is 1.23. The number of para-hydroxylation sites is 1. The van der Waals surface area contributed by atoms with Gasteiger partial charge in [0.15, 0.2) is 5.75 Å². The van der Waals surface area contributed by atoms with Gasteiger partial charge in [0, 0.05) is 18.3 Å². The summed E-state index contributed by atoms with van der Waals surface area (Å²) in [4.78, 5) is 4.32. The highest BCUT2D eigenvalue weighted by Crippen LogP contribution is 2.34. The summed E-state index contributed by atoms with van der Waals surface area (Å²) in [6.07, 6.45) is 2.20. The normalized spacial score (nSPS) is 13.0. The Balaban J connectivity index is 1.96. The number of rotatable bonds is 2. The van der Waals surface area contributed by atoms with Gasteiger partial charge < -0.3 is 10.1 Å². The summed E-state index contributed by atoms with van der Waals surface area (Å²) in [7, 11) is 0. The minimum atomic E-state index is 0.460. The summed E-state index contributed by atoms with van der Waals surface area (Å²) >= 11 is 0. The van der Waals surface area contributed by atoms with Crippen molar-refractivity contribution in [3.05, 3.63) is 47.2 Å². The topological polar surface area (TPSA) is 57.9 Å². The van der Waals surface area contributed by atoms with Crippen LogP contribution in [0.1, 0.15) is 23.2 Å². The van der Waals surface area contributed by atoms with Gasteiger partial charge in [0.1, 0.15) is 0 Å². The molecule has 0 saturated carbocycles. The van der Waals surface area contributed by atoms with Crippen molar-refractivity contribution in [2.24, 2.45) is 0 Å². The fraction of sp³-hybridized carbons (Fsp3) is 0.250. The number of hydrogen-bond donors (Lipinski definition) is 1. The van der Waals surface area contributed by atoms with E-state index in [1.54, 1.807) is 12.1 Å². The van der Waals surface area contributed by atoms with Gasteiger partial charge in [0.2, 0.25) is 5.88 Å². The van der Waals surface area contributed by atoms with Crippen LogP contribution in [0.2, 0.25) is 0 Å². The van der Waals surface area contributed by atoms with E-state index in [4.69, 9.17) is 10.00 Å². The van der Waals surface area contributed by atoms with Crippen molar-refractivity contribution in [2.45, 2.75) is 19.8 Å². The first-order valence-electron chi connectivity index (χ1n) is 6.68. The van der Waals surface area contributed by atoms with E-state index in [9.17, 15) is 0 Å². The number of nitrogens with zero attached hydrogens (tertiary/aromatic N) is 2. The summed E-state index contributed by atoms with van der Waals surface area (Å²) in [5, 5.41) is 12.4. The molecule has 0 saturated heterocycles. The molecule has 0 fully saturated rings. The van der Waals surface area contributed by atoms with Crippen molar-refractivity contribution in [2.75, 3.05) is 11.9 Å². The van der Waals surface area contributed by atoms with E-state index in [0.29, 0.717) is 11.4 Å². The molecule has 0 aliphatic carbocycles. The molecule has 2 aromatic rings. The Labute approximate surface area is 118 Å². The van der Waals surface area contributed by atoms with Gasteiger partial charge in [0.05, 0.1) is 17.3 Å². The summed E-state index contributed by atoms with van der Waals surface area (Å²) < 4.78 is 5.88.